The van der Waals surface area contributed by atoms with Gasteiger partial charge in [-0.2, -0.15) is 0 Å². The molecule has 8 nitrogen and oxygen atoms in total. The summed E-state index contributed by atoms with van der Waals surface area (Å²) in [5.74, 6) is -0.0137. The van der Waals surface area contributed by atoms with E-state index in [1.165, 1.54) is 18.2 Å². The lowest BCUT2D eigenvalue weighted by Gasteiger charge is -2.10. The van der Waals surface area contributed by atoms with Crippen molar-refractivity contribution in [2.75, 3.05) is 12.3 Å². The largest absolute Gasteiger partial charge is 0.313 e. The minimum absolute atomic E-state index is 0.0137. The number of fused-ring (bicyclic) bond motifs is 1. The van der Waals surface area contributed by atoms with Crippen LogP contribution in [0.1, 0.15) is 12.8 Å². The third-order valence-electron chi connectivity index (χ3n) is 3.62. The molecule has 1 aliphatic rings. The summed E-state index contributed by atoms with van der Waals surface area (Å²) in [5, 5.41) is 13.8. The summed E-state index contributed by atoms with van der Waals surface area (Å²) in [7, 11) is -3.53. The second-order valence-corrected chi connectivity index (χ2v) is 7.19. The highest BCUT2D eigenvalue weighted by molar-refractivity contribution is 7.91. The number of hydrogen-bond acceptors (Lipinski definition) is 7. The van der Waals surface area contributed by atoms with Crippen LogP contribution < -0.4 is 5.32 Å². The highest BCUT2D eigenvalue weighted by Gasteiger charge is 2.25. The topological polar surface area (TPSA) is 115 Å². The predicted octanol–water partition coefficient (Wildman–Crippen LogP) is 1.06. The Balaban J connectivity index is 1.94. The first-order chi connectivity index (χ1) is 10.5. The quantitative estimate of drug-likeness (QED) is 0.661. The molecule has 0 saturated carbocycles. The van der Waals surface area contributed by atoms with Crippen molar-refractivity contribution in [1.82, 2.24) is 15.3 Å². The molecule has 1 N–H and O–H groups in total. The van der Waals surface area contributed by atoms with Crippen LogP contribution in [-0.4, -0.2) is 41.6 Å². The van der Waals surface area contributed by atoms with Gasteiger partial charge in [0, 0.05) is 18.2 Å². The molecule has 1 aliphatic heterocycles. The monoisotopic (exact) mass is 322 g/mol. The second-order valence-electron chi connectivity index (χ2n) is 5.21. The number of hydrogen-bond donors (Lipinski definition) is 1. The molecule has 0 spiro atoms. The van der Waals surface area contributed by atoms with Gasteiger partial charge in [0.15, 0.2) is 14.9 Å². The van der Waals surface area contributed by atoms with Crippen molar-refractivity contribution in [3.8, 4) is 0 Å². The summed E-state index contributed by atoms with van der Waals surface area (Å²) in [5.41, 5.74) is 0.519. The van der Waals surface area contributed by atoms with Crippen LogP contribution >= 0.6 is 0 Å². The van der Waals surface area contributed by atoms with E-state index in [0.29, 0.717) is 11.0 Å². The molecular formula is C13H14N4O4S. The Labute approximate surface area is 126 Å². The van der Waals surface area contributed by atoms with Crippen LogP contribution in [0.3, 0.4) is 0 Å². The fraction of sp³-hybridized carbons (Fsp3) is 0.385. The Morgan fingerprint density at radius 1 is 1.36 bits per heavy atom. The van der Waals surface area contributed by atoms with Gasteiger partial charge in [-0.15, -0.1) is 0 Å². The molecule has 1 fully saturated rings. The molecule has 0 amide bonds. The normalized spacial score (nSPS) is 18.6. The van der Waals surface area contributed by atoms with Crippen molar-refractivity contribution in [3.05, 3.63) is 34.5 Å². The SMILES string of the molecule is O=[N+]([O-])c1ccc2nc(S(=O)(=O)C[C@@H]3CCCN3)cnc2c1. The molecule has 1 aromatic heterocycles. The zero-order chi connectivity index (χ0) is 15.7. The smallest absolute Gasteiger partial charge is 0.271 e. The van der Waals surface area contributed by atoms with Crippen LogP contribution in [-0.2, 0) is 9.84 Å². The number of aromatic nitrogens is 2. The van der Waals surface area contributed by atoms with Crippen molar-refractivity contribution < 1.29 is 13.3 Å². The molecule has 1 atom stereocenters. The molecule has 1 aromatic carbocycles. The van der Waals surface area contributed by atoms with E-state index in [4.69, 9.17) is 0 Å². The van der Waals surface area contributed by atoms with Crippen molar-refractivity contribution in [3.63, 3.8) is 0 Å². The Morgan fingerprint density at radius 2 is 2.18 bits per heavy atom. The fourth-order valence-corrected chi connectivity index (χ4v) is 3.93. The number of nitro groups is 1. The maximum atomic E-state index is 12.4. The van der Waals surface area contributed by atoms with E-state index >= 15 is 0 Å². The number of nitrogens with one attached hydrogen (secondary N) is 1. The predicted molar refractivity (Wildman–Crippen MR) is 79.3 cm³/mol. The van der Waals surface area contributed by atoms with E-state index in [-0.39, 0.29) is 22.5 Å². The first-order valence-corrected chi connectivity index (χ1v) is 8.48. The number of rotatable bonds is 4. The molecule has 9 heteroatoms. The average Bonchev–Trinajstić information content (AvgIpc) is 2.98. The molecule has 1 saturated heterocycles. The van der Waals surface area contributed by atoms with Crippen LogP contribution in [0, 0.1) is 10.1 Å². The van der Waals surface area contributed by atoms with Gasteiger partial charge in [-0.1, -0.05) is 0 Å². The molecule has 0 bridgehead atoms. The Kier molecular flexibility index (Phi) is 3.75. The molecule has 0 radical (unpaired) electrons. The maximum Gasteiger partial charge on any atom is 0.271 e. The zero-order valence-corrected chi connectivity index (χ0v) is 12.4. The minimum Gasteiger partial charge on any atom is -0.313 e. The lowest BCUT2D eigenvalue weighted by molar-refractivity contribution is -0.384. The van der Waals surface area contributed by atoms with Gasteiger partial charge in [-0.25, -0.2) is 13.4 Å². The number of sulfone groups is 1. The van der Waals surface area contributed by atoms with E-state index < -0.39 is 14.8 Å². The van der Waals surface area contributed by atoms with Gasteiger partial charge < -0.3 is 5.32 Å². The van der Waals surface area contributed by atoms with E-state index in [0.717, 1.165) is 25.6 Å². The summed E-state index contributed by atoms with van der Waals surface area (Å²) in [6.45, 7) is 0.827. The molecule has 2 aromatic rings. The lowest BCUT2D eigenvalue weighted by Crippen LogP contribution is -2.30. The van der Waals surface area contributed by atoms with Crippen molar-refractivity contribution in [1.29, 1.82) is 0 Å². The lowest BCUT2D eigenvalue weighted by atomic mass is 10.2. The van der Waals surface area contributed by atoms with Gasteiger partial charge in [-0.05, 0) is 25.5 Å². The van der Waals surface area contributed by atoms with Crippen molar-refractivity contribution >= 4 is 26.6 Å². The standard InChI is InChI=1S/C13H14N4O4S/c18-17(19)10-3-4-11-12(6-10)15-7-13(16-11)22(20,21)8-9-2-1-5-14-9/h3-4,6-7,9,14H,1-2,5,8H2/t9-/m0/s1. The molecular weight excluding hydrogens is 308 g/mol. The number of nitro benzene ring substituents is 1. The molecule has 0 unspecified atom stereocenters. The Bertz CT molecular complexity index is 831. The van der Waals surface area contributed by atoms with Crippen molar-refractivity contribution in [2.45, 2.75) is 23.9 Å². The minimum atomic E-state index is -3.53. The summed E-state index contributed by atoms with van der Waals surface area (Å²) in [4.78, 5) is 18.3. The van der Waals surface area contributed by atoms with Gasteiger partial charge in [0.05, 0.1) is 27.9 Å². The van der Waals surface area contributed by atoms with Gasteiger partial charge in [0.25, 0.3) is 5.69 Å². The zero-order valence-electron chi connectivity index (χ0n) is 11.6. The molecule has 116 valence electrons. The molecule has 3 rings (SSSR count). The van der Waals surface area contributed by atoms with Crippen molar-refractivity contribution in [2.24, 2.45) is 0 Å². The second kappa shape index (κ2) is 5.58. The first-order valence-electron chi connectivity index (χ1n) is 6.83. The van der Waals surface area contributed by atoms with Gasteiger partial charge in [-0.3, -0.25) is 15.1 Å². The summed E-state index contributed by atoms with van der Waals surface area (Å²) < 4.78 is 24.7. The average molecular weight is 322 g/mol. The third-order valence-corrected chi connectivity index (χ3v) is 5.29. The van der Waals surface area contributed by atoms with Crippen LogP contribution in [0.15, 0.2) is 29.4 Å². The number of benzene rings is 1. The number of non-ortho nitro benzene ring substituents is 1. The van der Waals surface area contributed by atoms with Crippen LogP contribution in [0.5, 0.6) is 0 Å². The van der Waals surface area contributed by atoms with E-state index in [1.54, 1.807) is 0 Å². The van der Waals surface area contributed by atoms with Crippen LogP contribution in [0.2, 0.25) is 0 Å². The van der Waals surface area contributed by atoms with Gasteiger partial charge in [0.2, 0.25) is 0 Å². The highest BCUT2D eigenvalue weighted by atomic mass is 32.2. The van der Waals surface area contributed by atoms with E-state index in [9.17, 15) is 18.5 Å². The molecule has 2 heterocycles. The molecule has 22 heavy (non-hydrogen) atoms. The van der Waals surface area contributed by atoms with E-state index in [2.05, 4.69) is 15.3 Å². The van der Waals surface area contributed by atoms with Crippen LogP contribution in [0.4, 0.5) is 5.69 Å². The first kappa shape index (κ1) is 14.8. The number of nitrogens with zero attached hydrogens (tertiary/aromatic N) is 3. The maximum absolute atomic E-state index is 12.4. The summed E-state index contributed by atoms with van der Waals surface area (Å²) >= 11 is 0. The van der Waals surface area contributed by atoms with Gasteiger partial charge >= 0.3 is 0 Å². The third kappa shape index (κ3) is 2.90. The van der Waals surface area contributed by atoms with Crippen LogP contribution in [0.25, 0.3) is 11.0 Å². The summed E-state index contributed by atoms with van der Waals surface area (Å²) in [6.07, 6.45) is 2.95. The highest BCUT2D eigenvalue weighted by Crippen LogP contribution is 2.20. The fourth-order valence-electron chi connectivity index (χ4n) is 2.49. The Morgan fingerprint density at radius 3 is 2.86 bits per heavy atom. The van der Waals surface area contributed by atoms with Gasteiger partial charge in [0.1, 0.15) is 0 Å². The molecule has 0 aliphatic carbocycles. The van der Waals surface area contributed by atoms with E-state index in [1.807, 2.05) is 0 Å². The Hall–Kier alpha value is -2.13. The summed E-state index contributed by atoms with van der Waals surface area (Å²) in [6, 6.07) is 3.91.